The van der Waals surface area contributed by atoms with Crippen LogP contribution in [0, 0.1) is 80.8 Å². The zero-order valence-electron chi connectivity index (χ0n) is 40.9. The summed E-state index contributed by atoms with van der Waals surface area (Å²) in [5.74, 6) is -8.09. The molecule has 65 heavy (non-hydrogen) atoms. The van der Waals surface area contributed by atoms with Crippen LogP contribution >= 0.6 is 0 Å². The number of benzene rings is 1. The molecule has 356 valence electrons. The minimum atomic E-state index is -3.05. The number of hydrogen-bond acceptors (Lipinski definition) is 10. The van der Waals surface area contributed by atoms with Crippen LogP contribution in [0.1, 0.15) is 174 Å². The number of allylic oxidation sites excluding steroid dienone is 1. The van der Waals surface area contributed by atoms with Crippen molar-refractivity contribution in [1.82, 2.24) is 0 Å². The summed E-state index contributed by atoms with van der Waals surface area (Å²) < 4.78 is 6.15. The van der Waals surface area contributed by atoms with Crippen LogP contribution in [0.25, 0.3) is 0 Å². The van der Waals surface area contributed by atoms with Gasteiger partial charge in [-0.25, -0.2) is 0 Å². The number of Topliss-reactive ketones (excluding diaryl/α,β-unsaturated/α-hetero) is 5. The standard InChI is InChI=1S/C55H76O10/c1-27(2)13-12-14-29(5)37-19-20-38-36-18-16-33-26-34(21-23-51(33,8)39(36)22-24-52(37,38)9)65-40(57)25-32-15-17-35-30(6)53(10)44(47(60)42(35)45(32)58)49(62)55(64)48(61)41(31(7)56)46(59)43(28(3)4)54(55,11)50(53)63/h15-17,27-30,34,36-39,41,43-44,50,58,63-64H,12-14,18-26H2,1-11H3/t29-,30+,34?,36?,37?,38?,39?,41?,43?,44?,50+,51-,52+,53-,54-,55-/m0/s1. The maximum atomic E-state index is 14.9. The van der Waals surface area contributed by atoms with Crippen LogP contribution in [-0.4, -0.2) is 68.0 Å². The lowest BCUT2D eigenvalue weighted by Crippen LogP contribution is -2.81. The van der Waals surface area contributed by atoms with Gasteiger partial charge in [0.05, 0.1) is 24.0 Å². The lowest BCUT2D eigenvalue weighted by Gasteiger charge is -2.65. The summed E-state index contributed by atoms with van der Waals surface area (Å²) >= 11 is 0. The first kappa shape index (κ1) is 48.0. The molecule has 1 aromatic rings. The van der Waals surface area contributed by atoms with Crippen molar-refractivity contribution in [3.05, 3.63) is 40.5 Å². The molecule has 3 N–H and O–H groups in total. The molecule has 10 nitrogen and oxygen atoms in total. The minimum Gasteiger partial charge on any atom is -0.507 e. The molecule has 7 aliphatic carbocycles. The summed E-state index contributed by atoms with van der Waals surface area (Å²) in [7, 11) is 0. The second-order valence-electron chi connectivity index (χ2n) is 24.0. The molecule has 0 radical (unpaired) electrons. The molecule has 5 fully saturated rings. The minimum absolute atomic E-state index is 0.0750. The van der Waals surface area contributed by atoms with E-state index in [1.807, 2.05) is 0 Å². The predicted octanol–water partition coefficient (Wildman–Crippen LogP) is 9.12. The highest BCUT2D eigenvalue weighted by molar-refractivity contribution is 6.33. The van der Waals surface area contributed by atoms with Gasteiger partial charge in [-0.15, -0.1) is 0 Å². The van der Waals surface area contributed by atoms with E-state index in [4.69, 9.17) is 4.74 Å². The van der Waals surface area contributed by atoms with Crippen molar-refractivity contribution >= 4 is 34.9 Å². The Morgan fingerprint density at radius 3 is 2.23 bits per heavy atom. The smallest absolute Gasteiger partial charge is 0.310 e. The third-order valence-corrected chi connectivity index (χ3v) is 20.2. The number of phenols is 1. The zero-order chi connectivity index (χ0) is 47.7. The van der Waals surface area contributed by atoms with E-state index in [2.05, 4.69) is 40.7 Å². The molecule has 0 saturated heterocycles. The molecule has 8 rings (SSSR count). The molecule has 0 aliphatic heterocycles. The highest BCUT2D eigenvalue weighted by Crippen LogP contribution is 2.69. The van der Waals surface area contributed by atoms with Crippen molar-refractivity contribution in [2.24, 2.45) is 80.8 Å². The van der Waals surface area contributed by atoms with Crippen LogP contribution in [0.5, 0.6) is 5.75 Å². The van der Waals surface area contributed by atoms with Gasteiger partial charge in [0, 0.05) is 28.7 Å². The first-order valence-corrected chi connectivity index (χ1v) is 25.1. The van der Waals surface area contributed by atoms with E-state index in [-0.39, 0.29) is 29.1 Å². The van der Waals surface area contributed by atoms with Crippen molar-refractivity contribution in [1.29, 1.82) is 0 Å². The van der Waals surface area contributed by atoms with E-state index >= 15 is 0 Å². The Balaban J connectivity index is 0.991. The van der Waals surface area contributed by atoms with Gasteiger partial charge >= 0.3 is 5.97 Å². The Morgan fingerprint density at radius 2 is 1.58 bits per heavy atom. The fourth-order valence-corrected chi connectivity index (χ4v) is 16.7. The van der Waals surface area contributed by atoms with E-state index in [9.17, 15) is 44.1 Å². The molecule has 5 saturated carbocycles. The number of carbonyl (C=O) groups excluding carboxylic acids is 6. The fraction of sp³-hybridized carbons (Fsp3) is 0.745. The van der Waals surface area contributed by atoms with Crippen molar-refractivity contribution in [3.63, 3.8) is 0 Å². The monoisotopic (exact) mass is 897 g/mol. The lowest BCUT2D eigenvalue weighted by atomic mass is 9.37. The average molecular weight is 897 g/mol. The Kier molecular flexibility index (Phi) is 12.1. The SMILES string of the molecule is CC(=O)C1C(=O)C(C(C)C)[C@@]2(C)[C@H](O)[C@]3(C)C(C(=O)c4c(ccc(CC(=O)OC5CC[C@@]6(C)C(=CCC7C8CCC([C@@H](C)CCCC(C)C)[C@@]8(C)CCC76)C5)c4O)[C@H]3C)C(=O)[C@@]2(O)C1=O. The number of hydrogen-bond donors (Lipinski definition) is 3. The lowest BCUT2D eigenvalue weighted by molar-refractivity contribution is -0.240. The Labute approximate surface area is 386 Å². The summed E-state index contributed by atoms with van der Waals surface area (Å²) in [6.07, 6.45) is 12.7. The summed E-state index contributed by atoms with van der Waals surface area (Å²) in [4.78, 5) is 84.1. The molecule has 7 aliphatic rings. The van der Waals surface area contributed by atoms with Crippen LogP contribution < -0.4 is 0 Å². The number of ketones is 5. The third-order valence-electron chi connectivity index (χ3n) is 20.2. The summed E-state index contributed by atoms with van der Waals surface area (Å²) in [5.41, 5.74) is -4.62. The molecule has 0 spiro atoms. The van der Waals surface area contributed by atoms with Crippen LogP contribution in [0.15, 0.2) is 23.8 Å². The molecule has 0 heterocycles. The highest BCUT2D eigenvalue weighted by atomic mass is 16.5. The van der Waals surface area contributed by atoms with Gasteiger partial charge in [-0.1, -0.05) is 112 Å². The third kappa shape index (κ3) is 6.65. The molecule has 8 unspecified atom stereocenters. The van der Waals surface area contributed by atoms with E-state index in [1.54, 1.807) is 39.8 Å². The van der Waals surface area contributed by atoms with Gasteiger partial charge in [0.25, 0.3) is 0 Å². The van der Waals surface area contributed by atoms with Crippen molar-refractivity contribution in [2.75, 3.05) is 0 Å². The summed E-state index contributed by atoms with van der Waals surface area (Å²) in [6, 6.07) is 3.19. The Morgan fingerprint density at radius 1 is 0.892 bits per heavy atom. The summed E-state index contributed by atoms with van der Waals surface area (Å²) in [6.45, 7) is 21.2. The maximum Gasteiger partial charge on any atom is 0.310 e. The molecule has 0 amide bonds. The Bertz CT molecular complexity index is 2220. The van der Waals surface area contributed by atoms with Gasteiger partial charge in [-0.2, -0.15) is 0 Å². The van der Waals surface area contributed by atoms with Crippen molar-refractivity contribution in [2.45, 2.75) is 177 Å². The van der Waals surface area contributed by atoms with Gasteiger partial charge < -0.3 is 20.1 Å². The molecular weight excluding hydrogens is 821 g/mol. The average Bonchev–Trinajstić information content (AvgIpc) is 3.59. The maximum absolute atomic E-state index is 14.9. The number of aromatic hydroxyl groups is 1. The highest BCUT2D eigenvalue weighted by Gasteiger charge is 2.80. The molecule has 1 aromatic carbocycles. The fourth-order valence-electron chi connectivity index (χ4n) is 16.7. The number of rotatable bonds is 10. The quantitative estimate of drug-likeness (QED) is 0.117. The largest absolute Gasteiger partial charge is 0.507 e. The molecule has 0 aromatic heterocycles. The first-order valence-electron chi connectivity index (χ1n) is 25.1. The van der Waals surface area contributed by atoms with Crippen molar-refractivity contribution < 1.29 is 48.8 Å². The Hall–Kier alpha value is -3.50. The second kappa shape index (κ2) is 16.3. The zero-order valence-corrected chi connectivity index (χ0v) is 40.9. The van der Waals surface area contributed by atoms with E-state index in [1.165, 1.54) is 57.4 Å². The van der Waals surface area contributed by atoms with Crippen molar-refractivity contribution in [3.8, 4) is 5.75 Å². The number of esters is 1. The number of ether oxygens (including phenoxy) is 1. The number of aliphatic hydroxyl groups is 2. The van der Waals surface area contributed by atoms with Crippen LogP contribution in [0.3, 0.4) is 0 Å². The van der Waals surface area contributed by atoms with Gasteiger partial charge in [0.2, 0.25) is 0 Å². The number of fused-ring (bicyclic) bond motifs is 8. The number of carbonyl (C=O) groups is 6. The van der Waals surface area contributed by atoms with Gasteiger partial charge in [0.1, 0.15) is 23.6 Å². The van der Waals surface area contributed by atoms with Gasteiger partial charge in [-0.05, 0) is 116 Å². The number of phenolic OH excluding ortho intramolecular Hbond substituents is 1. The van der Waals surface area contributed by atoms with Gasteiger partial charge in [0.15, 0.2) is 28.7 Å². The van der Waals surface area contributed by atoms with E-state index in [0.29, 0.717) is 29.2 Å². The van der Waals surface area contributed by atoms with E-state index < -0.39 is 92.8 Å². The summed E-state index contributed by atoms with van der Waals surface area (Å²) in [5, 5.41) is 36.7. The van der Waals surface area contributed by atoms with Crippen LogP contribution in [0.2, 0.25) is 0 Å². The topological polar surface area (TPSA) is 172 Å². The van der Waals surface area contributed by atoms with Crippen LogP contribution in [0.4, 0.5) is 0 Å². The number of aliphatic hydroxyl groups excluding tert-OH is 1. The molecular formula is C55H76O10. The van der Waals surface area contributed by atoms with Gasteiger partial charge in [-0.3, -0.25) is 28.8 Å². The normalized spacial score (nSPS) is 42.6. The molecule has 16 atom stereocenters. The second-order valence-corrected chi connectivity index (χ2v) is 24.0. The first-order chi connectivity index (χ1) is 30.3. The van der Waals surface area contributed by atoms with E-state index in [0.717, 1.165) is 49.9 Å². The predicted molar refractivity (Wildman–Crippen MR) is 246 cm³/mol. The molecule has 10 heteroatoms. The molecule has 0 bridgehead atoms. The van der Waals surface area contributed by atoms with Crippen LogP contribution in [-0.2, 0) is 35.1 Å².